The molecule has 0 aromatic heterocycles. The largest absolute Gasteiger partial charge is 0.489 e. The Kier molecular flexibility index (Phi) is 4.56. The quantitative estimate of drug-likeness (QED) is 0.858. The zero-order valence-electron chi connectivity index (χ0n) is 15.2. The normalized spacial score (nSPS) is 28.6. The highest BCUT2D eigenvalue weighted by Gasteiger charge is 2.43. The molecule has 1 saturated carbocycles. The number of hydrogen-bond acceptors (Lipinski definition) is 2. The Morgan fingerprint density at radius 2 is 1.92 bits per heavy atom. The summed E-state index contributed by atoms with van der Waals surface area (Å²) >= 11 is 0. The van der Waals surface area contributed by atoms with Crippen LogP contribution < -0.4 is 10.5 Å². The average Bonchev–Trinajstić information content (AvgIpc) is 2.64. The van der Waals surface area contributed by atoms with E-state index >= 15 is 0 Å². The molecule has 25 heavy (non-hydrogen) atoms. The maximum atomic E-state index is 6.78. The fourth-order valence-electron chi connectivity index (χ4n) is 4.86. The lowest BCUT2D eigenvalue weighted by Crippen LogP contribution is -2.52. The molecule has 0 unspecified atom stereocenters. The van der Waals surface area contributed by atoms with Crippen LogP contribution in [-0.2, 0) is 18.4 Å². The Bertz CT molecular complexity index is 726. The third-order valence-electron chi connectivity index (χ3n) is 6.44. The lowest BCUT2D eigenvalue weighted by atomic mass is 9.60. The summed E-state index contributed by atoms with van der Waals surface area (Å²) in [4.78, 5) is 0. The van der Waals surface area contributed by atoms with Gasteiger partial charge in [0, 0.05) is 11.5 Å². The van der Waals surface area contributed by atoms with Crippen LogP contribution in [-0.4, -0.2) is 6.04 Å². The van der Waals surface area contributed by atoms with E-state index in [1.165, 1.54) is 48.8 Å². The third kappa shape index (κ3) is 3.20. The predicted octanol–water partition coefficient (Wildman–Crippen LogP) is 4.99. The first-order valence-corrected chi connectivity index (χ1v) is 9.72. The van der Waals surface area contributed by atoms with Crippen LogP contribution in [0, 0.1) is 5.92 Å². The zero-order chi connectivity index (χ0) is 17.3. The summed E-state index contributed by atoms with van der Waals surface area (Å²) in [6.07, 6.45) is 7.57. The van der Waals surface area contributed by atoms with Gasteiger partial charge in [-0.2, -0.15) is 0 Å². The molecular formula is C23H29NO. The highest BCUT2D eigenvalue weighted by molar-refractivity contribution is 5.44. The molecule has 2 N–H and O–H groups in total. The van der Waals surface area contributed by atoms with E-state index in [2.05, 4.69) is 49.4 Å². The van der Waals surface area contributed by atoms with Crippen LogP contribution in [0.5, 0.6) is 5.75 Å². The molecule has 0 radical (unpaired) electrons. The van der Waals surface area contributed by atoms with Crippen molar-refractivity contribution in [3.05, 3.63) is 65.2 Å². The molecule has 2 heteroatoms. The summed E-state index contributed by atoms with van der Waals surface area (Å²) in [5.74, 6) is 1.60. The first kappa shape index (κ1) is 16.7. The van der Waals surface area contributed by atoms with Crippen molar-refractivity contribution >= 4 is 0 Å². The molecular weight excluding hydrogens is 306 g/mol. The zero-order valence-corrected chi connectivity index (χ0v) is 15.2. The van der Waals surface area contributed by atoms with Gasteiger partial charge in [0.25, 0.3) is 0 Å². The molecule has 132 valence electrons. The Balaban J connectivity index is 1.61. The Hall–Kier alpha value is -1.80. The molecule has 2 nitrogen and oxygen atoms in total. The fourth-order valence-corrected chi connectivity index (χ4v) is 4.86. The molecule has 2 aliphatic rings. The second kappa shape index (κ2) is 6.84. The van der Waals surface area contributed by atoms with Crippen LogP contribution in [0.3, 0.4) is 0 Å². The van der Waals surface area contributed by atoms with Crippen molar-refractivity contribution in [1.82, 2.24) is 0 Å². The van der Waals surface area contributed by atoms with E-state index in [4.69, 9.17) is 10.5 Å². The summed E-state index contributed by atoms with van der Waals surface area (Å²) in [7, 11) is 0. The van der Waals surface area contributed by atoms with Crippen molar-refractivity contribution in [1.29, 1.82) is 0 Å². The van der Waals surface area contributed by atoms with Gasteiger partial charge in [0.15, 0.2) is 0 Å². The molecule has 3 atom stereocenters. The lowest BCUT2D eigenvalue weighted by Gasteiger charge is -2.47. The second-order valence-electron chi connectivity index (χ2n) is 8.10. The minimum Gasteiger partial charge on any atom is -0.489 e. The summed E-state index contributed by atoms with van der Waals surface area (Å²) in [6.45, 7) is 3.00. The molecule has 0 amide bonds. The molecule has 0 aliphatic heterocycles. The van der Waals surface area contributed by atoms with Gasteiger partial charge in [0.1, 0.15) is 12.4 Å². The van der Waals surface area contributed by atoms with Crippen LogP contribution in [0.25, 0.3) is 0 Å². The van der Waals surface area contributed by atoms with Gasteiger partial charge in [-0.15, -0.1) is 0 Å². The van der Waals surface area contributed by atoms with Gasteiger partial charge in [-0.25, -0.2) is 0 Å². The summed E-state index contributed by atoms with van der Waals surface area (Å²) < 4.78 is 6.09. The van der Waals surface area contributed by atoms with Gasteiger partial charge in [-0.1, -0.05) is 62.6 Å². The van der Waals surface area contributed by atoms with Crippen molar-refractivity contribution in [2.75, 3.05) is 0 Å². The summed E-state index contributed by atoms with van der Waals surface area (Å²) in [5.41, 5.74) is 11.0. The number of nitrogens with two attached hydrogens (primary N) is 1. The number of rotatable bonds is 3. The van der Waals surface area contributed by atoms with Crippen molar-refractivity contribution in [3.63, 3.8) is 0 Å². The average molecular weight is 335 g/mol. The van der Waals surface area contributed by atoms with Gasteiger partial charge in [-0.3, -0.25) is 0 Å². The first-order valence-electron chi connectivity index (χ1n) is 9.72. The van der Waals surface area contributed by atoms with Crippen LogP contribution in [0.2, 0.25) is 0 Å². The Labute approximate surface area is 151 Å². The monoisotopic (exact) mass is 335 g/mol. The third-order valence-corrected chi connectivity index (χ3v) is 6.44. The van der Waals surface area contributed by atoms with E-state index in [1.54, 1.807) is 0 Å². The van der Waals surface area contributed by atoms with E-state index in [-0.39, 0.29) is 11.5 Å². The molecule has 2 aliphatic carbocycles. The standard InChI is InChI=1S/C23H29NO/c1-23-13-7-3-6-10-19(22(23)24)14-18-11-12-20(15-21(18)23)25-16-17-8-4-2-5-9-17/h2,4-5,8-9,11-12,15,19,22H,3,6-7,10,13-14,16,24H2,1H3/t19-,22-,23+/m0/s1. The number of benzene rings is 2. The SMILES string of the molecule is C[C@@]12CCCCC[C@@H](Cc3ccc(OCc4ccccc4)cc31)[C@@H]2N. The second-order valence-corrected chi connectivity index (χ2v) is 8.10. The van der Waals surface area contributed by atoms with E-state index in [0.29, 0.717) is 12.5 Å². The summed E-state index contributed by atoms with van der Waals surface area (Å²) in [5, 5.41) is 0. The Morgan fingerprint density at radius 3 is 2.76 bits per heavy atom. The van der Waals surface area contributed by atoms with Crippen molar-refractivity contribution in [2.24, 2.45) is 11.7 Å². The molecule has 2 aromatic rings. The lowest BCUT2D eigenvalue weighted by molar-refractivity contribution is 0.200. The highest BCUT2D eigenvalue weighted by atomic mass is 16.5. The molecule has 2 bridgehead atoms. The van der Waals surface area contributed by atoms with E-state index in [0.717, 1.165) is 12.2 Å². The van der Waals surface area contributed by atoms with Gasteiger partial charge < -0.3 is 10.5 Å². The number of hydrogen-bond donors (Lipinski definition) is 1. The van der Waals surface area contributed by atoms with Crippen molar-refractivity contribution in [2.45, 2.75) is 63.5 Å². The number of fused-ring (bicyclic) bond motifs is 4. The molecule has 0 heterocycles. The maximum Gasteiger partial charge on any atom is 0.120 e. The van der Waals surface area contributed by atoms with Gasteiger partial charge in [0.05, 0.1) is 0 Å². The predicted molar refractivity (Wildman–Crippen MR) is 103 cm³/mol. The number of ether oxygens (including phenoxy) is 1. The molecule has 0 saturated heterocycles. The van der Waals surface area contributed by atoms with Gasteiger partial charge in [-0.05, 0) is 54.0 Å². The Morgan fingerprint density at radius 1 is 1.08 bits per heavy atom. The minimum absolute atomic E-state index is 0.0881. The fraction of sp³-hybridized carbons (Fsp3) is 0.478. The first-order chi connectivity index (χ1) is 12.2. The van der Waals surface area contributed by atoms with Crippen LogP contribution >= 0.6 is 0 Å². The molecule has 0 spiro atoms. The van der Waals surface area contributed by atoms with E-state index in [9.17, 15) is 0 Å². The molecule has 2 aromatic carbocycles. The van der Waals surface area contributed by atoms with E-state index < -0.39 is 0 Å². The van der Waals surface area contributed by atoms with Gasteiger partial charge in [0.2, 0.25) is 0 Å². The topological polar surface area (TPSA) is 35.2 Å². The smallest absolute Gasteiger partial charge is 0.120 e. The minimum atomic E-state index is 0.0881. The van der Waals surface area contributed by atoms with E-state index in [1.807, 2.05) is 6.07 Å². The van der Waals surface area contributed by atoms with Gasteiger partial charge >= 0.3 is 0 Å². The van der Waals surface area contributed by atoms with Crippen LogP contribution in [0.1, 0.15) is 55.7 Å². The van der Waals surface area contributed by atoms with Crippen molar-refractivity contribution < 1.29 is 4.74 Å². The summed E-state index contributed by atoms with van der Waals surface area (Å²) in [6, 6.07) is 17.3. The molecule has 1 fully saturated rings. The van der Waals surface area contributed by atoms with Crippen molar-refractivity contribution in [3.8, 4) is 5.75 Å². The highest BCUT2D eigenvalue weighted by Crippen LogP contribution is 2.46. The van der Waals surface area contributed by atoms with Crippen LogP contribution in [0.4, 0.5) is 0 Å². The maximum absolute atomic E-state index is 6.78. The molecule has 4 rings (SSSR count). The van der Waals surface area contributed by atoms with Crippen LogP contribution in [0.15, 0.2) is 48.5 Å².